The van der Waals surface area contributed by atoms with Crippen molar-refractivity contribution >= 4 is 43.7 Å². The zero-order valence-corrected chi connectivity index (χ0v) is 23.9. The first-order chi connectivity index (χ1) is 21.8. The third-order valence-electron chi connectivity index (χ3n) is 8.17. The molecule has 0 atom stereocenters. The topological polar surface area (TPSA) is 12.5 Å². The average Bonchev–Trinajstić information content (AvgIpc) is 3.10. The maximum absolute atomic E-state index is 6.57. The molecule has 0 aliphatic heterocycles. The second kappa shape index (κ2) is 11.0. The van der Waals surface area contributed by atoms with Crippen LogP contribution in [0.5, 0.6) is 11.5 Å². The Bertz CT molecular complexity index is 2250. The van der Waals surface area contributed by atoms with Crippen LogP contribution in [0.1, 0.15) is 0 Å². The summed E-state index contributed by atoms with van der Waals surface area (Å²) in [5.41, 5.74) is 11.8. The predicted molar refractivity (Wildman–Crippen MR) is 184 cm³/mol. The molecule has 2 heteroatoms. The number of para-hydroxylation sites is 1. The van der Waals surface area contributed by atoms with Crippen LogP contribution >= 0.6 is 0 Å². The molecule has 0 bridgehead atoms. The quantitative estimate of drug-likeness (QED) is 0.148. The molecular formula is C42H27NO. The number of fused-ring (bicyclic) bond motifs is 3. The van der Waals surface area contributed by atoms with Crippen molar-refractivity contribution in [3.63, 3.8) is 0 Å². The largest absolute Gasteiger partial charge is 0.456 e. The van der Waals surface area contributed by atoms with Gasteiger partial charge in [0.2, 0.25) is 0 Å². The summed E-state index contributed by atoms with van der Waals surface area (Å²) in [5.74, 6) is 1.70. The molecule has 0 unspecified atom stereocenters. The molecule has 8 rings (SSSR count). The lowest BCUT2D eigenvalue weighted by Gasteiger charge is -2.28. The van der Waals surface area contributed by atoms with Gasteiger partial charge in [0, 0.05) is 27.9 Å². The van der Waals surface area contributed by atoms with Gasteiger partial charge in [0.25, 0.3) is 0 Å². The van der Waals surface area contributed by atoms with E-state index in [1.807, 2.05) is 42.5 Å². The number of benzene rings is 7. The number of allylic oxidation sites excluding steroid dienone is 3. The van der Waals surface area contributed by atoms with Gasteiger partial charge in [0.05, 0.1) is 11.4 Å². The summed E-state index contributed by atoms with van der Waals surface area (Å²) in [6, 6.07) is 51.0. The molecule has 0 amide bonds. The number of ether oxygens (including phenoxy) is 1. The third-order valence-corrected chi connectivity index (χ3v) is 8.17. The first kappa shape index (κ1) is 25.7. The highest BCUT2D eigenvalue weighted by Crippen LogP contribution is 2.45. The second-order valence-corrected chi connectivity index (χ2v) is 10.8. The van der Waals surface area contributed by atoms with Crippen molar-refractivity contribution < 1.29 is 4.74 Å². The van der Waals surface area contributed by atoms with E-state index in [9.17, 15) is 0 Å². The Morgan fingerprint density at radius 2 is 1.11 bits per heavy atom. The fourth-order valence-electron chi connectivity index (χ4n) is 6.20. The Balaban J connectivity index is 1.30. The molecule has 7 aromatic rings. The number of anilines is 2. The zero-order chi connectivity index (χ0) is 29.3. The molecule has 0 saturated heterocycles. The highest BCUT2D eigenvalue weighted by molar-refractivity contribution is 6.17. The van der Waals surface area contributed by atoms with Gasteiger partial charge in [-0.2, -0.15) is 0 Å². The summed E-state index contributed by atoms with van der Waals surface area (Å²) in [5, 5.41) is 6.88. The van der Waals surface area contributed by atoms with E-state index in [0.29, 0.717) is 0 Å². The zero-order valence-electron chi connectivity index (χ0n) is 23.9. The van der Waals surface area contributed by atoms with Crippen LogP contribution in [0.3, 0.4) is 0 Å². The fourth-order valence-corrected chi connectivity index (χ4v) is 6.20. The molecule has 1 aliphatic rings. The van der Waals surface area contributed by atoms with Crippen LogP contribution in [0.4, 0.5) is 11.4 Å². The molecule has 7 aromatic carbocycles. The summed E-state index contributed by atoms with van der Waals surface area (Å²) >= 11 is 0. The fraction of sp³-hybridized carbons (Fsp3) is 0. The Kier molecular flexibility index (Phi) is 6.40. The monoisotopic (exact) mass is 561 g/mol. The van der Waals surface area contributed by atoms with E-state index >= 15 is 0 Å². The van der Waals surface area contributed by atoms with Gasteiger partial charge in [0.1, 0.15) is 11.5 Å². The lowest BCUT2D eigenvalue weighted by atomic mass is 9.91. The lowest BCUT2D eigenvalue weighted by Crippen LogP contribution is -2.15. The Labute approximate surface area is 256 Å². The van der Waals surface area contributed by atoms with Gasteiger partial charge in [-0.3, -0.25) is 0 Å². The summed E-state index contributed by atoms with van der Waals surface area (Å²) < 4.78 is 6.57. The SMILES string of the molecule is C1=C=CC(N(c2ccc(-c3c4ccccc4c(Oc4ccccc4)c4ccccc34)cc2)c2cccc3ccccc23)=CC=1. The van der Waals surface area contributed by atoms with Gasteiger partial charge in [-0.15, -0.1) is 0 Å². The smallest absolute Gasteiger partial charge is 0.143 e. The van der Waals surface area contributed by atoms with Crippen molar-refractivity contribution in [1.29, 1.82) is 0 Å². The van der Waals surface area contributed by atoms with Crippen LogP contribution in [-0.2, 0) is 0 Å². The first-order valence-corrected chi connectivity index (χ1v) is 14.8. The standard InChI is InChI=1S/C42H27NO/c1-3-16-32(17-4-1)43(40-25-13-15-30-14-7-8-20-35(30)40)33-28-26-31(27-29-33)41-36-21-9-11-23-38(36)42(39-24-12-10-22-37(39)41)44-34-18-5-2-6-19-34/h2-3,5-29H. The van der Waals surface area contributed by atoms with Gasteiger partial charge in [-0.25, -0.2) is 0 Å². The average molecular weight is 562 g/mol. The molecule has 0 radical (unpaired) electrons. The van der Waals surface area contributed by atoms with Crippen molar-refractivity contribution in [3.05, 3.63) is 181 Å². The second-order valence-electron chi connectivity index (χ2n) is 10.8. The minimum absolute atomic E-state index is 0.823. The maximum Gasteiger partial charge on any atom is 0.143 e. The maximum atomic E-state index is 6.57. The van der Waals surface area contributed by atoms with Crippen molar-refractivity contribution in [2.24, 2.45) is 0 Å². The van der Waals surface area contributed by atoms with Crippen LogP contribution in [0.25, 0.3) is 43.4 Å². The highest BCUT2D eigenvalue weighted by Gasteiger charge is 2.19. The van der Waals surface area contributed by atoms with E-state index in [2.05, 4.69) is 138 Å². The van der Waals surface area contributed by atoms with E-state index in [-0.39, 0.29) is 0 Å². The summed E-state index contributed by atoms with van der Waals surface area (Å²) in [4.78, 5) is 2.30. The van der Waals surface area contributed by atoms with E-state index in [0.717, 1.165) is 55.7 Å². The first-order valence-electron chi connectivity index (χ1n) is 14.8. The molecule has 0 N–H and O–H groups in total. The molecule has 0 fully saturated rings. The highest BCUT2D eigenvalue weighted by atomic mass is 16.5. The van der Waals surface area contributed by atoms with Crippen LogP contribution < -0.4 is 9.64 Å². The molecule has 0 spiro atoms. The van der Waals surface area contributed by atoms with Gasteiger partial charge >= 0.3 is 0 Å². The molecular weight excluding hydrogens is 534 g/mol. The summed E-state index contributed by atoms with van der Waals surface area (Å²) in [6.45, 7) is 0. The minimum atomic E-state index is 0.823. The Hall–Kier alpha value is -6.04. The van der Waals surface area contributed by atoms with E-state index < -0.39 is 0 Å². The molecule has 206 valence electrons. The number of hydrogen-bond acceptors (Lipinski definition) is 2. The third kappa shape index (κ3) is 4.49. The molecule has 2 nitrogen and oxygen atoms in total. The predicted octanol–water partition coefficient (Wildman–Crippen LogP) is 11.5. The van der Waals surface area contributed by atoms with Crippen molar-refractivity contribution in [2.45, 2.75) is 0 Å². The summed E-state index contributed by atoms with van der Waals surface area (Å²) in [6.07, 6.45) is 5.99. The van der Waals surface area contributed by atoms with E-state index in [4.69, 9.17) is 4.74 Å². The number of rotatable bonds is 6. The molecule has 0 heterocycles. The van der Waals surface area contributed by atoms with E-state index in [1.54, 1.807) is 0 Å². The van der Waals surface area contributed by atoms with Gasteiger partial charge in [-0.1, -0.05) is 127 Å². The molecule has 1 aliphatic carbocycles. The van der Waals surface area contributed by atoms with Crippen LogP contribution in [-0.4, -0.2) is 0 Å². The molecule has 0 aromatic heterocycles. The number of hydrogen-bond donors (Lipinski definition) is 0. The van der Waals surface area contributed by atoms with Crippen LogP contribution in [0.2, 0.25) is 0 Å². The van der Waals surface area contributed by atoms with Gasteiger partial charge in [-0.05, 0) is 69.8 Å². The van der Waals surface area contributed by atoms with Crippen LogP contribution in [0, 0.1) is 0 Å². The van der Waals surface area contributed by atoms with E-state index in [1.165, 1.54) is 16.3 Å². The number of nitrogens with zero attached hydrogens (tertiary/aromatic N) is 1. The lowest BCUT2D eigenvalue weighted by molar-refractivity contribution is 0.494. The minimum Gasteiger partial charge on any atom is -0.456 e. The van der Waals surface area contributed by atoms with Gasteiger partial charge in [0.15, 0.2) is 0 Å². The Morgan fingerprint density at radius 1 is 0.500 bits per heavy atom. The van der Waals surface area contributed by atoms with Gasteiger partial charge < -0.3 is 9.64 Å². The normalized spacial score (nSPS) is 12.1. The van der Waals surface area contributed by atoms with Crippen molar-refractivity contribution in [1.82, 2.24) is 0 Å². The molecule has 44 heavy (non-hydrogen) atoms. The van der Waals surface area contributed by atoms with Crippen molar-refractivity contribution in [3.8, 4) is 22.6 Å². The molecule has 0 saturated carbocycles. The Morgan fingerprint density at radius 3 is 1.80 bits per heavy atom. The van der Waals surface area contributed by atoms with Crippen molar-refractivity contribution in [2.75, 3.05) is 4.90 Å². The summed E-state index contributed by atoms with van der Waals surface area (Å²) in [7, 11) is 0. The van der Waals surface area contributed by atoms with Crippen LogP contribution in [0.15, 0.2) is 181 Å².